The summed E-state index contributed by atoms with van der Waals surface area (Å²) in [5, 5.41) is 16.2. The molecule has 4 rings (SSSR count). The quantitative estimate of drug-likeness (QED) is 0.930. The predicted molar refractivity (Wildman–Crippen MR) is 86.2 cm³/mol. The van der Waals surface area contributed by atoms with Crippen LogP contribution in [0.4, 0.5) is 5.69 Å². The molecule has 0 bridgehead atoms. The Kier molecular flexibility index (Phi) is 3.43. The van der Waals surface area contributed by atoms with E-state index in [9.17, 15) is 4.79 Å². The third kappa shape index (κ3) is 2.64. The fraction of sp³-hybridized carbons (Fsp3) is 0.625. The molecule has 23 heavy (non-hydrogen) atoms. The van der Waals surface area contributed by atoms with Gasteiger partial charge in [0.2, 0.25) is 11.6 Å². The largest absolute Gasteiger partial charge is 0.377 e. The molecule has 1 unspecified atom stereocenters. The van der Waals surface area contributed by atoms with Gasteiger partial charge in [0.1, 0.15) is 6.33 Å². The molecular formula is C16H22N6O. The minimum Gasteiger partial charge on any atom is -0.377 e. The van der Waals surface area contributed by atoms with E-state index in [2.05, 4.69) is 27.5 Å². The standard InChI is InChI=1S/C16H22N6O/c1-10-11(2)20-22-9-17-19-15(22)14(10)18-13-4-3-7-21(8-13)16(23)12-5-6-12/h9,12-13,18H,3-8H2,1-2H3. The lowest BCUT2D eigenvalue weighted by atomic mass is 10.0. The van der Waals surface area contributed by atoms with E-state index in [0.717, 1.165) is 61.4 Å². The Morgan fingerprint density at radius 2 is 2.13 bits per heavy atom. The number of likely N-dealkylation sites (tertiary alicyclic amines) is 1. The molecule has 1 atom stereocenters. The Bertz CT molecular complexity index is 750. The van der Waals surface area contributed by atoms with Gasteiger partial charge in [0.05, 0.1) is 11.4 Å². The van der Waals surface area contributed by atoms with Crippen molar-refractivity contribution in [2.75, 3.05) is 18.4 Å². The van der Waals surface area contributed by atoms with Crippen molar-refractivity contribution < 1.29 is 4.79 Å². The summed E-state index contributed by atoms with van der Waals surface area (Å²) < 4.78 is 1.71. The average molecular weight is 314 g/mol. The van der Waals surface area contributed by atoms with Gasteiger partial charge >= 0.3 is 0 Å². The number of piperidine rings is 1. The van der Waals surface area contributed by atoms with Crippen molar-refractivity contribution in [2.24, 2.45) is 5.92 Å². The number of carbonyl (C=O) groups is 1. The Balaban J connectivity index is 1.56. The maximum absolute atomic E-state index is 12.3. The molecule has 1 saturated carbocycles. The van der Waals surface area contributed by atoms with Gasteiger partial charge in [0.25, 0.3) is 0 Å². The number of nitrogens with zero attached hydrogens (tertiary/aromatic N) is 5. The van der Waals surface area contributed by atoms with E-state index in [4.69, 9.17) is 0 Å². The summed E-state index contributed by atoms with van der Waals surface area (Å²) in [6.45, 7) is 5.71. The van der Waals surface area contributed by atoms with Crippen LogP contribution in [0.3, 0.4) is 0 Å². The summed E-state index contributed by atoms with van der Waals surface area (Å²) in [7, 11) is 0. The van der Waals surface area contributed by atoms with E-state index in [1.54, 1.807) is 10.8 Å². The Morgan fingerprint density at radius 1 is 1.30 bits per heavy atom. The van der Waals surface area contributed by atoms with Crippen molar-refractivity contribution >= 4 is 17.2 Å². The predicted octanol–water partition coefficient (Wildman–Crippen LogP) is 1.55. The van der Waals surface area contributed by atoms with Crippen LogP contribution in [0.2, 0.25) is 0 Å². The highest BCUT2D eigenvalue weighted by Crippen LogP contribution is 2.32. The van der Waals surface area contributed by atoms with Crippen LogP contribution in [0.5, 0.6) is 0 Å². The normalized spacial score (nSPS) is 21.7. The van der Waals surface area contributed by atoms with Gasteiger partial charge in [0, 0.05) is 25.0 Å². The van der Waals surface area contributed by atoms with Crippen LogP contribution in [-0.4, -0.2) is 49.7 Å². The minimum atomic E-state index is 0.257. The van der Waals surface area contributed by atoms with Crippen molar-refractivity contribution in [3.05, 3.63) is 17.6 Å². The van der Waals surface area contributed by atoms with Crippen LogP contribution in [0.1, 0.15) is 36.9 Å². The number of hydrogen-bond acceptors (Lipinski definition) is 5. The lowest BCUT2D eigenvalue weighted by Crippen LogP contribution is -2.45. The van der Waals surface area contributed by atoms with Gasteiger partial charge < -0.3 is 10.2 Å². The van der Waals surface area contributed by atoms with E-state index in [-0.39, 0.29) is 6.04 Å². The van der Waals surface area contributed by atoms with Gasteiger partial charge in [-0.15, -0.1) is 10.2 Å². The molecule has 1 N–H and O–H groups in total. The summed E-state index contributed by atoms with van der Waals surface area (Å²) in [6.07, 6.45) is 5.86. The highest BCUT2D eigenvalue weighted by atomic mass is 16.2. The molecule has 1 aliphatic heterocycles. The van der Waals surface area contributed by atoms with Crippen LogP contribution in [0, 0.1) is 19.8 Å². The van der Waals surface area contributed by atoms with E-state index >= 15 is 0 Å². The number of amides is 1. The van der Waals surface area contributed by atoms with Gasteiger partial charge in [0.15, 0.2) is 0 Å². The first-order valence-corrected chi connectivity index (χ1v) is 8.36. The molecule has 2 aliphatic rings. The van der Waals surface area contributed by atoms with E-state index in [0.29, 0.717) is 11.8 Å². The number of aromatic nitrogens is 4. The van der Waals surface area contributed by atoms with Crippen LogP contribution in [0.15, 0.2) is 6.33 Å². The molecule has 7 heteroatoms. The van der Waals surface area contributed by atoms with E-state index in [1.807, 2.05) is 11.8 Å². The molecule has 1 aliphatic carbocycles. The summed E-state index contributed by atoms with van der Waals surface area (Å²) in [5.74, 6) is 0.633. The molecule has 0 radical (unpaired) electrons. The molecule has 2 aromatic heterocycles. The van der Waals surface area contributed by atoms with Gasteiger partial charge in [-0.2, -0.15) is 9.61 Å². The molecule has 1 amide bonds. The van der Waals surface area contributed by atoms with Gasteiger partial charge in [-0.3, -0.25) is 4.79 Å². The van der Waals surface area contributed by atoms with Crippen molar-refractivity contribution in [2.45, 2.75) is 45.6 Å². The number of hydrogen-bond donors (Lipinski definition) is 1. The zero-order valence-corrected chi connectivity index (χ0v) is 13.6. The van der Waals surface area contributed by atoms with Crippen molar-refractivity contribution in [1.29, 1.82) is 0 Å². The monoisotopic (exact) mass is 314 g/mol. The molecule has 122 valence electrons. The van der Waals surface area contributed by atoms with Crippen molar-refractivity contribution in [3.63, 3.8) is 0 Å². The molecule has 1 saturated heterocycles. The Morgan fingerprint density at radius 3 is 2.91 bits per heavy atom. The Hall–Kier alpha value is -2.18. The average Bonchev–Trinajstić information content (AvgIpc) is 3.30. The second-order valence-electron chi connectivity index (χ2n) is 6.73. The number of anilines is 1. The number of aryl methyl sites for hydroxylation is 1. The maximum Gasteiger partial charge on any atom is 0.225 e. The minimum absolute atomic E-state index is 0.257. The zero-order valence-electron chi connectivity index (χ0n) is 13.6. The number of rotatable bonds is 3. The third-order valence-electron chi connectivity index (χ3n) is 4.94. The molecule has 7 nitrogen and oxygen atoms in total. The van der Waals surface area contributed by atoms with Crippen LogP contribution in [0.25, 0.3) is 5.65 Å². The first-order chi connectivity index (χ1) is 11.1. The number of fused-ring (bicyclic) bond motifs is 1. The second kappa shape index (κ2) is 5.47. The van der Waals surface area contributed by atoms with Gasteiger partial charge in [-0.05, 0) is 45.1 Å². The highest BCUT2D eigenvalue weighted by Gasteiger charge is 2.35. The van der Waals surface area contributed by atoms with Crippen LogP contribution in [-0.2, 0) is 4.79 Å². The van der Waals surface area contributed by atoms with E-state index < -0.39 is 0 Å². The fourth-order valence-electron chi connectivity index (χ4n) is 3.31. The van der Waals surface area contributed by atoms with Crippen molar-refractivity contribution in [1.82, 2.24) is 24.7 Å². The van der Waals surface area contributed by atoms with Crippen LogP contribution >= 0.6 is 0 Å². The topological polar surface area (TPSA) is 75.4 Å². The molecule has 3 heterocycles. The third-order valence-corrected chi connectivity index (χ3v) is 4.94. The first-order valence-electron chi connectivity index (χ1n) is 8.36. The first kappa shape index (κ1) is 14.4. The summed E-state index contributed by atoms with van der Waals surface area (Å²) in [4.78, 5) is 14.3. The molecule has 2 fully saturated rings. The zero-order chi connectivity index (χ0) is 16.0. The fourth-order valence-corrected chi connectivity index (χ4v) is 3.31. The summed E-state index contributed by atoms with van der Waals surface area (Å²) in [6, 6.07) is 0.257. The molecule has 0 aromatic carbocycles. The van der Waals surface area contributed by atoms with Crippen LogP contribution < -0.4 is 5.32 Å². The maximum atomic E-state index is 12.3. The second-order valence-corrected chi connectivity index (χ2v) is 6.73. The lowest BCUT2D eigenvalue weighted by molar-refractivity contribution is -0.133. The van der Waals surface area contributed by atoms with Crippen molar-refractivity contribution in [3.8, 4) is 0 Å². The molecule has 2 aromatic rings. The SMILES string of the molecule is Cc1nn2cnnc2c(NC2CCCN(C(=O)C3CC3)C2)c1C. The summed E-state index contributed by atoms with van der Waals surface area (Å²) >= 11 is 0. The lowest BCUT2D eigenvalue weighted by Gasteiger charge is -2.34. The number of carbonyl (C=O) groups excluding carboxylic acids is 1. The summed E-state index contributed by atoms with van der Waals surface area (Å²) in [5.41, 5.74) is 3.79. The Labute approximate surface area is 135 Å². The highest BCUT2D eigenvalue weighted by molar-refractivity contribution is 5.81. The van der Waals surface area contributed by atoms with E-state index in [1.165, 1.54) is 0 Å². The smallest absolute Gasteiger partial charge is 0.225 e. The molecule has 0 spiro atoms. The number of nitrogens with one attached hydrogen (secondary N) is 1. The molecular weight excluding hydrogens is 292 g/mol. The van der Waals surface area contributed by atoms with Gasteiger partial charge in [-0.25, -0.2) is 0 Å². The van der Waals surface area contributed by atoms with Gasteiger partial charge in [-0.1, -0.05) is 0 Å².